The van der Waals surface area contributed by atoms with E-state index >= 15 is 0 Å². The topological polar surface area (TPSA) is 138 Å². The first-order valence-electron chi connectivity index (χ1n) is 17.9. The van der Waals surface area contributed by atoms with Crippen molar-refractivity contribution in [3.05, 3.63) is 100.0 Å². The van der Waals surface area contributed by atoms with Gasteiger partial charge in [-0.3, -0.25) is 14.2 Å². The zero-order chi connectivity index (χ0) is 35.0. The van der Waals surface area contributed by atoms with Crippen molar-refractivity contribution >= 4 is 28.5 Å². The number of amides is 2. The van der Waals surface area contributed by atoms with Crippen LogP contribution in [0.3, 0.4) is 0 Å². The van der Waals surface area contributed by atoms with E-state index in [1.807, 2.05) is 77.4 Å². The minimum Gasteiger partial charge on any atom is -0.392 e. The molecule has 11 nitrogen and oxygen atoms in total. The molecule has 4 N–H and O–H groups in total. The number of H-pyrrole nitrogens is 1. The number of carbonyl (C=O) groups is 2. The molecule has 2 aliphatic heterocycles. The largest absolute Gasteiger partial charge is 0.392 e. The van der Waals surface area contributed by atoms with Gasteiger partial charge in [-0.2, -0.15) is 0 Å². The molecule has 266 valence electrons. The standard InChI is InChI=1S/C39H49N5O6/c1-26-35(24-43-22-19-32(20-23-43)44-34-9-6-5-8-33(34)42-39(44)48)49-38(50-37(26)29-13-11-28(25-45)12-14-29)30-15-17-31(18-16-30)41-36(47)10-4-3-7-21-40-27(2)46/h5-6,8-9,11-18,26,32,35,37-38,45H,3-4,7,10,19-25H2,1-2H3,(H,40,46)(H,41,47)(H,42,48). The van der Waals surface area contributed by atoms with Crippen LogP contribution in [0.15, 0.2) is 77.6 Å². The fraction of sp³-hybridized carbons (Fsp3) is 0.462. The summed E-state index contributed by atoms with van der Waals surface area (Å²) < 4.78 is 15.3. The SMILES string of the molecule is CC(=O)NCCCCCC(=O)Nc1ccc(C2OC(CN3CCC(n4c(=O)[nH]c5ccccc54)CC3)C(C)C(c3ccc(CO)cc3)O2)cc1. The Morgan fingerprint density at radius 1 is 0.920 bits per heavy atom. The van der Waals surface area contributed by atoms with E-state index in [-0.39, 0.29) is 48.3 Å². The molecule has 3 aromatic carbocycles. The van der Waals surface area contributed by atoms with E-state index in [2.05, 4.69) is 27.4 Å². The summed E-state index contributed by atoms with van der Waals surface area (Å²) in [6, 6.07) is 23.6. The molecule has 4 aromatic rings. The molecule has 4 atom stereocenters. The summed E-state index contributed by atoms with van der Waals surface area (Å²) in [6.07, 6.45) is 3.70. The molecule has 3 heterocycles. The summed E-state index contributed by atoms with van der Waals surface area (Å²) in [5.41, 5.74) is 5.24. The predicted octanol–water partition coefficient (Wildman–Crippen LogP) is 5.59. The monoisotopic (exact) mass is 683 g/mol. The van der Waals surface area contributed by atoms with Gasteiger partial charge >= 0.3 is 5.69 Å². The molecule has 6 rings (SSSR count). The maximum absolute atomic E-state index is 12.8. The summed E-state index contributed by atoms with van der Waals surface area (Å²) in [5.74, 6) is -0.0247. The maximum Gasteiger partial charge on any atom is 0.326 e. The molecule has 2 aliphatic rings. The van der Waals surface area contributed by atoms with E-state index in [4.69, 9.17) is 9.47 Å². The van der Waals surface area contributed by atoms with Crippen LogP contribution in [-0.2, 0) is 25.7 Å². The van der Waals surface area contributed by atoms with Crippen molar-refractivity contribution in [3.8, 4) is 0 Å². The fourth-order valence-electron chi connectivity index (χ4n) is 7.18. The number of likely N-dealkylation sites (tertiary alicyclic amines) is 1. The Balaban J connectivity index is 1.10. The third kappa shape index (κ3) is 8.70. The maximum atomic E-state index is 12.8. The normalized spacial score (nSPS) is 21.7. The fourth-order valence-corrected chi connectivity index (χ4v) is 7.18. The number of para-hydroxylation sites is 2. The van der Waals surface area contributed by atoms with E-state index in [1.54, 1.807) is 0 Å². The van der Waals surface area contributed by atoms with Crippen molar-refractivity contribution in [2.75, 3.05) is 31.5 Å². The zero-order valence-electron chi connectivity index (χ0n) is 29.0. The lowest BCUT2D eigenvalue weighted by atomic mass is 9.89. The highest BCUT2D eigenvalue weighted by Gasteiger charge is 2.39. The van der Waals surface area contributed by atoms with Crippen molar-refractivity contribution in [2.24, 2.45) is 5.92 Å². The number of anilines is 1. The number of hydrogen-bond acceptors (Lipinski definition) is 7. The molecule has 2 fully saturated rings. The molecule has 2 amide bonds. The van der Waals surface area contributed by atoms with E-state index in [9.17, 15) is 19.5 Å². The molecular weight excluding hydrogens is 634 g/mol. The third-order valence-electron chi connectivity index (χ3n) is 10.0. The van der Waals surface area contributed by atoms with Crippen molar-refractivity contribution in [1.29, 1.82) is 0 Å². The van der Waals surface area contributed by atoms with Gasteiger partial charge in [0.1, 0.15) is 0 Å². The van der Waals surface area contributed by atoms with E-state index < -0.39 is 6.29 Å². The van der Waals surface area contributed by atoms with Gasteiger partial charge in [0.2, 0.25) is 11.8 Å². The molecule has 1 aromatic heterocycles. The summed E-state index contributed by atoms with van der Waals surface area (Å²) >= 11 is 0. The number of unbranched alkanes of at least 4 members (excludes halogenated alkanes) is 2. The van der Waals surface area contributed by atoms with Gasteiger partial charge in [0, 0.05) is 62.7 Å². The number of ether oxygens (including phenoxy) is 2. The minimum absolute atomic E-state index is 0.0160. The molecule has 0 radical (unpaired) electrons. The van der Waals surface area contributed by atoms with E-state index in [0.29, 0.717) is 18.7 Å². The second kappa shape index (κ2) is 16.6. The van der Waals surface area contributed by atoms with Crippen molar-refractivity contribution in [1.82, 2.24) is 19.8 Å². The number of aromatic amines is 1. The summed E-state index contributed by atoms with van der Waals surface area (Å²) in [4.78, 5) is 41.8. The average molecular weight is 684 g/mol. The number of piperidine rings is 1. The van der Waals surface area contributed by atoms with Gasteiger partial charge < -0.3 is 35.1 Å². The van der Waals surface area contributed by atoms with Gasteiger partial charge in [0.15, 0.2) is 6.29 Å². The molecule has 0 bridgehead atoms. The first kappa shape index (κ1) is 35.5. The molecular formula is C39H49N5O6. The lowest BCUT2D eigenvalue weighted by Crippen LogP contribution is -2.47. The number of aliphatic hydroxyl groups excluding tert-OH is 1. The van der Waals surface area contributed by atoms with Gasteiger partial charge in [0.25, 0.3) is 0 Å². The van der Waals surface area contributed by atoms with Gasteiger partial charge in [0.05, 0.1) is 29.8 Å². The second-order valence-electron chi connectivity index (χ2n) is 13.6. The van der Waals surface area contributed by atoms with Crippen LogP contribution >= 0.6 is 0 Å². The molecule has 50 heavy (non-hydrogen) atoms. The second-order valence-corrected chi connectivity index (χ2v) is 13.6. The number of aliphatic hydroxyl groups is 1. The number of carbonyl (C=O) groups excluding carboxylic acids is 2. The van der Waals surface area contributed by atoms with Crippen LogP contribution in [0.4, 0.5) is 5.69 Å². The smallest absolute Gasteiger partial charge is 0.326 e. The Morgan fingerprint density at radius 2 is 1.64 bits per heavy atom. The lowest BCUT2D eigenvalue weighted by molar-refractivity contribution is -0.276. The van der Waals surface area contributed by atoms with Crippen LogP contribution < -0.4 is 16.3 Å². The Labute approximate surface area is 293 Å². The molecule has 0 aliphatic carbocycles. The quantitative estimate of drug-likeness (QED) is 0.135. The van der Waals surface area contributed by atoms with Gasteiger partial charge in [-0.1, -0.05) is 61.9 Å². The van der Waals surface area contributed by atoms with E-state index in [1.165, 1.54) is 6.92 Å². The van der Waals surface area contributed by atoms with Crippen LogP contribution in [0, 0.1) is 5.92 Å². The molecule has 11 heteroatoms. The minimum atomic E-state index is -0.602. The third-order valence-corrected chi connectivity index (χ3v) is 10.0. The first-order valence-corrected chi connectivity index (χ1v) is 17.9. The van der Waals surface area contributed by atoms with Crippen LogP contribution in [0.5, 0.6) is 0 Å². The van der Waals surface area contributed by atoms with Crippen molar-refractivity contribution < 1.29 is 24.2 Å². The van der Waals surface area contributed by atoms with Crippen LogP contribution in [0.25, 0.3) is 11.0 Å². The van der Waals surface area contributed by atoms with E-state index in [0.717, 1.165) is 79.5 Å². The van der Waals surface area contributed by atoms with Gasteiger partial charge in [-0.25, -0.2) is 4.79 Å². The number of rotatable bonds is 13. The number of fused-ring (bicyclic) bond motifs is 1. The Bertz CT molecular complexity index is 1780. The van der Waals surface area contributed by atoms with Gasteiger partial charge in [-0.15, -0.1) is 0 Å². The number of imidazole rings is 1. The molecule has 0 saturated carbocycles. The number of hydrogen-bond donors (Lipinski definition) is 4. The predicted molar refractivity (Wildman–Crippen MR) is 192 cm³/mol. The highest BCUT2D eigenvalue weighted by molar-refractivity contribution is 5.90. The number of aromatic nitrogens is 2. The zero-order valence-corrected chi connectivity index (χ0v) is 29.0. The van der Waals surface area contributed by atoms with Crippen molar-refractivity contribution in [3.63, 3.8) is 0 Å². The molecule has 0 spiro atoms. The number of nitrogens with one attached hydrogen (secondary N) is 3. The summed E-state index contributed by atoms with van der Waals surface area (Å²) in [5, 5.41) is 15.4. The van der Waals surface area contributed by atoms with Gasteiger partial charge in [-0.05, 0) is 61.1 Å². The summed E-state index contributed by atoms with van der Waals surface area (Å²) in [6.45, 7) is 6.73. The van der Waals surface area contributed by atoms with Crippen LogP contribution in [-0.4, -0.2) is 63.7 Å². The van der Waals surface area contributed by atoms with Crippen LogP contribution in [0.2, 0.25) is 0 Å². The number of benzene rings is 3. The number of nitrogens with zero attached hydrogens (tertiary/aromatic N) is 2. The average Bonchev–Trinajstić information content (AvgIpc) is 3.46. The van der Waals surface area contributed by atoms with Crippen molar-refractivity contribution in [2.45, 2.75) is 83.5 Å². The Hall–Kier alpha value is -4.29. The lowest BCUT2D eigenvalue weighted by Gasteiger charge is -2.44. The highest BCUT2D eigenvalue weighted by Crippen LogP contribution is 2.42. The summed E-state index contributed by atoms with van der Waals surface area (Å²) in [7, 11) is 0. The van der Waals surface area contributed by atoms with Crippen LogP contribution in [0.1, 0.15) is 87.5 Å². The Morgan fingerprint density at radius 3 is 2.36 bits per heavy atom. The molecule has 2 saturated heterocycles. The Kier molecular flexibility index (Phi) is 11.8. The highest BCUT2D eigenvalue weighted by atomic mass is 16.7. The molecule has 4 unspecified atom stereocenters. The first-order chi connectivity index (χ1) is 24.3.